The fourth-order valence-electron chi connectivity index (χ4n) is 2.54. The molecule has 0 heterocycles. The lowest BCUT2D eigenvalue weighted by atomic mass is 9.77. The lowest BCUT2D eigenvalue weighted by Crippen LogP contribution is -2.15. The van der Waals surface area contributed by atoms with Crippen LogP contribution in [0.4, 0.5) is 5.69 Å². The Kier molecular flexibility index (Phi) is 2.06. The van der Waals surface area contributed by atoms with Crippen molar-refractivity contribution in [3.8, 4) is 0 Å². The minimum atomic E-state index is 0.376. The van der Waals surface area contributed by atoms with Crippen LogP contribution in [0, 0.1) is 5.41 Å². The fraction of sp³-hybridized carbons (Fsp3) is 0.538. The number of nitrogens with two attached hydrogens (primary N) is 1. The summed E-state index contributed by atoms with van der Waals surface area (Å²) in [7, 11) is 0. The van der Waals surface area contributed by atoms with Crippen LogP contribution in [0.3, 0.4) is 0 Å². The third kappa shape index (κ3) is 1.52. The minimum Gasteiger partial charge on any atom is -0.399 e. The van der Waals surface area contributed by atoms with Gasteiger partial charge in [0.1, 0.15) is 0 Å². The molecule has 76 valence electrons. The highest BCUT2D eigenvalue weighted by molar-refractivity contribution is 5.48. The standard InChI is InChI=1S/C13H19N/c1-13(2,3)12-7-4-9-8-10(14)5-6-11(9)12/h5-6,8,12H,4,7,14H2,1-3H3. The zero-order valence-electron chi connectivity index (χ0n) is 9.30. The van der Waals surface area contributed by atoms with Crippen molar-refractivity contribution in [3.05, 3.63) is 29.3 Å². The molecule has 1 aromatic carbocycles. The van der Waals surface area contributed by atoms with E-state index in [1.807, 2.05) is 6.07 Å². The van der Waals surface area contributed by atoms with Crippen LogP contribution in [0.15, 0.2) is 18.2 Å². The van der Waals surface area contributed by atoms with E-state index in [1.54, 1.807) is 0 Å². The maximum absolute atomic E-state index is 5.79. The second-order valence-corrected chi connectivity index (χ2v) is 5.42. The summed E-state index contributed by atoms with van der Waals surface area (Å²) in [5.74, 6) is 0.707. The van der Waals surface area contributed by atoms with Gasteiger partial charge in [-0.25, -0.2) is 0 Å². The molecule has 0 saturated carbocycles. The van der Waals surface area contributed by atoms with Crippen LogP contribution in [0.25, 0.3) is 0 Å². The van der Waals surface area contributed by atoms with Gasteiger partial charge >= 0.3 is 0 Å². The number of fused-ring (bicyclic) bond motifs is 1. The van der Waals surface area contributed by atoms with E-state index in [4.69, 9.17) is 5.73 Å². The van der Waals surface area contributed by atoms with E-state index in [1.165, 1.54) is 24.0 Å². The first-order valence-electron chi connectivity index (χ1n) is 5.37. The molecular formula is C13H19N. The first-order valence-corrected chi connectivity index (χ1v) is 5.37. The van der Waals surface area contributed by atoms with Gasteiger partial charge in [-0.3, -0.25) is 0 Å². The molecule has 0 aliphatic heterocycles. The van der Waals surface area contributed by atoms with Crippen LogP contribution in [0.2, 0.25) is 0 Å². The minimum absolute atomic E-state index is 0.376. The Morgan fingerprint density at radius 1 is 1.29 bits per heavy atom. The zero-order valence-corrected chi connectivity index (χ0v) is 9.30. The number of aryl methyl sites for hydroxylation is 1. The number of anilines is 1. The molecule has 1 unspecified atom stereocenters. The molecule has 2 N–H and O–H groups in total. The third-order valence-corrected chi connectivity index (χ3v) is 3.29. The van der Waals surface area contributed by atoms with Crippen molar-refractivity contribution in [1.82, 2.24) is 0 Å². The Hall–Kier alpha value is -0.980. The van der Waals surface area contributed by atoms with Crippen LogP contribution in [-0.4, -0.2) is 0 Å². The van der Waals surface area contributed by atoms with Crippen molar-refractivity contribution in [1.29, 1.82) is 0 Å². The van der Waals surface area contributed by atoms with E-state index in [2.05, 4.69) is 32.9 Å². The molecule has 0 spiro atoms. The number of benzene rings is 1. The average Bonchev–Trinajstić information content (AvgIpc) is 2.45. The summed E-state index contributed by atoms with van der Waals surface area (Å²) in [4.78, 5) is 0. The Labute approximate surface area is 86.3 Å². The van der Waals surface area contributed by atoms with Gasteiger partial charge in [0.25, 0.3) is 0 Å². The van der Waals surface area contributed by atoms with Crippen LogP contribution >= 0.6 is 0 Å². The van der Waals surface area contributed by atoms with Gasteiger partial charge in [-0.15, -0.1) is 0 Å². The molecule has 0 fully saturated rings. The van der Waals surface area contributed by atoms with E-state index >= 15 is 0 Å². The molecule has 0 saturated heterocycles. The fourth-order valence-corrected chi connectivity index (χ4v) is 2.54. The molecule has 0 amide bonds. The summed E-state index contributed by atoms with van der Waals surface area (Å²) in [6.07, 6.45) is 2.48. The van der Waals surface area contributed by atoms with E-state index in [0.717, 1.165) is 5.69 Å². The first kappa shape index (κ1) is 9.57. The van der Waals surface area contributed by atoms with Crippen LogP contribution in [0.5, 0.6) is 0 Å². The molecule has 14 heavy (non-hydrogen) atoms. The van der Waals surface area contributed by atoms with E-state index in [0.29, 0.717) is 11.3 Å². The van der Waals surface area contributed by atoms with Gasteiger partial charge in [0.2, 0.25) is 0 Å². The molecule has 1 aliphatic rings. The van der Waals surface area contributed by atoms with E-state index < -0.39 is 0 Å². The molecule has 0 radical (unpaired) electrons. The predicted octanol–water partition coefficient (Wildman–Crippen LogP) is 3.34. The predicted molar refractivity (Wildman–Crippen MR) is 61.4 cm³/mol. The number of nitrogen functional groups attached to an aromatic ring is 1. The Balaban J connectivity index is 2.41. The summed E-state index contributed by atoms with van der Waals surface area (Å²) in [6, 6.07) is 6.39. The summed E-state index contributed by atoms with van der Waals surface area (Å²) in [5, 5.41) is 0. The topological polar surface area (TPSA) is 26.0 Å². The van der Waals surface area contributed by atoms with Crippen molar-refractivity contribution in [2.24, 2.45) is 5.41 Å². The van der Waals surface area contributed by atoms with Crippen LogP contribution in [-0.2, 0) is 6.42 Å². The highest BCUT2D eigenvalue weighted by Gasteiger charge is 2.31. The van der Waals surface area contributed by atoms with Gasteiger partial charge in [-0.2, -0.15) is 0 Å². The molecule has 1 aromatic rings. The first-order chi connectivity index (χ1) is 6.48. The van der Waals surface area contributed by atoms with Crippen molar-refractivity contribution < 1.29 is 0 Å². The molecule has 1 aliphatic carbocycles. The molecule has 1 atom stereocenters. The molecule has 0 aromatic heterocycles. The summed E-state index contributed by atoms with van der Waals surface area (Å²) in [5.41, 5.74) is 10.0. The highest BCUT2D eigenvalue weighted by Crippen LogP contribution is 2.44. The second kappa shape index (κ2) is 3.01. The molecule has 2 rings (SSSR count). The number of hydrogen-bond acceptors (Lipinski definition) is 1. The van der Waals surface area contributed by atoms with Gasteiger partial charge in [0, 0.05) is 5.69 Å². The SMILES string of the molecule is CC(C)(C)C1CCc2cc(N)ccc21. The third-order valence-electron chi connectivity index (χ3n) is 3.29. The van der Waals surface area contributed by atoms with Gasteiger partial charge in [-0.05, 0) is 47.4 Å². The summed E-state index contributed by atoms with van der Waals surface area (Å²) < 4.78 is 0. The monoisotopic (exact) mass is 189 g/mol. The Morgan fingerprint density at radius 3 is 2.64 bits per heavy atom. The Bertz CT molecular complexity index is 347. The van der Waals surface area contributed by atoms with Gasteiger partial charge in [0.15, 0.2) is 0 Å². The number of hydrogen-bond donors (Lipinski definition) is 1. The molecule has 1 heteroatoms. The summed E-state index contributed by atoms with van der Waals surface area (Å²) in [6.45, 7) is 6.97. The average molecular weight is 189 g/mol. The quantitative estimate of drug-likeness (QED) is 0.622. The maximum Gasteiger partial charge on any atom is 0.0316 e. The van der Waals surface area contributed by atoms with Crippen molar-refractivity contribution in [2.75, 3.05) is 5.73 Å². The van der Waals surface area contributed by atoms with Crippen molar-refractivity contribution in [2.45, 2.75) is 39.5 Å². The largest absolute Gasteiger partial charge is 0.399 e. The Morgan fingerprint density at radius 2 is 2.00 bits per heavy atom. The van der Waals surface area contributed by atoms with Crippen molar-refractivity contribution >= 4 is 5.69 Å². The molecule has 0 bridgehead atoms. The normalized spacial score (nSPS) is 20.9. The van der Waals surface area contributed by atoms with Gasteiger partial charge < -0.3 is 5.73 Å². The van der Waals surface area contributed by atoms with E-state index in [9.17, 15) is 0 Å². The second-order valence-electron chi connectivity index (χ2n) is 5.42. The molecule has 1 nitrogen and oxygen atoms in total. The van der Waals surface area contributed by atoms with Gasteiger partial charge in [-0.1, -0.05) is 26.8 Å². The zero-order chi connectivity index (χ0) is 10.3. The summed E-state index contributed by atoms with van der Waals surface area (Å²) >= 11 is 0. The number of rotatable bonds is 0. The highest BCUT2D eigenvalue weighted by atomic mass is 14.5. The van der Waals surface area contributed by atoms with Gasteiger partial charge in [0.05, 0.1) is 0 Å². The lowest BCUT2D eigenvalue weighted by molar-refractivity contribution is 0.319. The van der Waals surface area contributed by atoms with Crippen LogP contribution in [0.1, 0.15) is 44.2 Å². The van der Waals surface area contributed by atoms with E-state index in [-0.39, 0.29) is 0 Å². The van der Waals surface area contributed by atoms with Crippen molar-refractivity contribution in [3.63, 3.8) is 0 Å². The smallest absolute Gasteiger partial charge is 0.0316 e. The molecular weight excluding hydrogens is 170 g/mol. The lowest BCUT2D eigenvalue weighted by Gasteiger charge is -2.27. The maximum atomic E-state index is 5.79. The van der Waals surface area contributed by atoms with Crippen LogP contribution < -0.4 is 5.73 Å².